The first-order valence-corrected chi connectivity index (χ1v) is 13.7. The fraction of sp³-hybridized carbons (Fsp3) is 0.667. The van der Waals surface area contributed by atoms with Crippen molar-refractivity contribution in [1.82, 2.24) is 20.1 Å². The Morgan fingerprint density at radius 1 is 1.21 bits per heavy atom. The summed E-state index contributed by atoms with van der Waals surface area (Å²) in [4.78, 5) is 38.7. The summed E-state index contributed by atoms with van der Waals surface area (Å²) in [6, 6.07) is 5.05. The van der Waals surface area contributed by atoms with E-state index in [4.69, 9.17) is 15.5 Å². The lowest BCUT2D eigenvalue weighted by molar-refractivity contribution is -0.124. The summed E-state index contributed by atoms with van der Waals surface area (Å²) in [5.41, 5.74) is 5.28. The van der Waals surface area contributed by atoms with Crippen molar-refractivity contribution in [3.63, 3.8) is 0 Å². The maximum absolute atomic E-state index is 13.8. The number of aliphatic imine (C=N–C) groups is 1. The smallest absolute Gasteiger partial charge is 0.267 e. The summed E-state index contributed by atoms with van der Waals surface area (Å²) in [6.45, 7) is 3.91. The minimum Gasteiger partial charge on any atom is -0.378 e. The summed E-state index contributed by atoms with van der Waals surface area (Å²) in [5, 5.41) is 16.5. The molecule has 2 amide bonds. The van der Waals surface area contributed by atoms with Gasteiger partial charge in [-0.2, -0.15) is 5.26 Å². The van der Waals surface area contributed by atoms with E-state index < -0.39 is 17.5 Å². The number of nitrogens with two attached hydrogens (primary N) is 1. The molecule has 3 fully saturated rings. The molecule has 4 N–H and O–H groups in total. The highest BCUT2D eigenvalue weighted by Crippen LogP contribution is 2.29. The number of rotatable bonds is 7. The Kier molecular flexibility index (Phi) is 9.53. The van der Waals surface area contributed by atoms with E-state index >= 15 is 0 Å². The molecule has 38 heavy (non-hydrogen) atoms. The lowest BCUT2D eigenvalue weighted by atomic mass is 9.84. The fourth-order valence-electron chi connectivity index (χ4n) is 5.40. The predicted octanol–water partition coefficient (Wildman–Crippen LogP) is 1.72. The van der Waals surface area contributed by atoms with Crippen molar-refractivity contribution in [1.29, 1.82) is 5.26 Å². The molecular formula is C27H40N8O3. The van der Waals surface area contributed by atoms with Crippen LogP contribution in [0.2, 0.25) is 0 Å². The summed E-state index contributed by atoms with van der Waals surface area (Å²) in [7, 11) is 2.03. The van der Waals surface area contributed by atoms with Gasteiger partial charge in [-0.05, 0) is 44.4 Å². The normalized spacial score (nSPS) is 21.8. The lowest BCUT2D eigenvalue weighted by Crippen LogP contribution is -2.56. The molecule has 4 rings (SSSR count). The highest BCUT2D eigenvalue weighted by molar-refractivity contribution is 5.96. The number of pyridine rings is 1. The number of guanidine groups is 1. The van der Waals surface area contributed by atoms with Crippen LogP contribution in [0.3, 0.4) is 0 Å². The predicted molar refractivity (Wildman–Crippen MR) is 144 cm³/mol. The van der Waals surface area contributed by atoms with Gasteiger partial charge in [0.1, 0.15) is 17.3 Å². The van der Waals surface area contributed by atoms with Crippen LogP contribution in [0.15, 0.2) is 23.3 Å². The van der Waals surface area contributed by atoms with Gasteiger partial charge in [-0.25, -0.2) is 9.98 Å². The Labute approximate surface area is 224 Å². The van der Waals surface area contributed by atoms with Crippen LogP contribution in [0.1, 0.15) is 61.9 Å². The number of carbonyl (C=O) groups excluding carboxylic acids is 2. The number of amides is 2. The number of nitrogens with zero attached hydrogens (tertiary/aromatic N) is 5. The number of hydrogen-bond acceptors (Lipinski definition) is 7. The van der Waals surface area contributed by atoms with E-state index in [9.17, 15) is 14.9 Å². The molecule has 3 aliphatic rings. The van der Waals surface area contributed by atoms with E-state index in [0.717, 1.165) is 25.9 Å². The van der Waals surface area contributed by atoms with E-state index in [1.54, 1.807) is 12.1 Å². The van der Waals surface area contributed by atoms with Crippen molar-refractivity contribution < 1.29 is 14.3 Å². The second kappa shape index (κ2) is 13.0. The van der Waals surface area contributed by atoms with Crippen molar-refractivity contribution in [2.45, 2.75) is 62.9 Å². The third kappa shape index (κ3) is 7.42. The Balaban J connectivity index is 1.60. The van der Waals surface area contributed by atoms with Crippen LogP contribution in [-0.4, -0.2) is 90.6 Å². The van der Waals surface area contributed by atoms with Crippen molar-refractivity contribution in [3.8, 4) is 6.07 Å². The molecule has 2 saturated heterocycles. The molecule has 0 aromatic carbocycles. The van der Waals surface area contributed by atoms with Crippen LogP contribution < -0.4 is 16.4 Å². The SMILES string of the molecule is CN1CCC(C#N)(NC(=O)C(CC2CCCCC2)/N=C(\Nc2ccc(C(N)=O)nc2)N2CCOCC2)CC1. The highest BCUT2D eigenvalue weighted by atomic mass is 16.5. The van der Waals surface area contributed by atoms with Crippen LogP contribution in [0.4, 0.5) is 5.69 Å². The maximum Gasteiger partial charge on any atom is 0.267 e. The Morgan fingerprint density at radius 2 is 1.92 bits per heavy atom. The van der Waals surface area contributed by atoms with Gasteiger partial charge in [-0.15, -0.1) is 0 Å². The number of morpholine rings is 1. The van der Waals surface area contributed by atoms with Crippen molar-refractivity contribution >= 4 is 23.5 Å². The molecule has 0 bridgehead atoms. The number of primary amides is 1. The molecule has 1 saturated carbocycles. The molecule has 0 radical (unpaired) electrons. The second-order valence-corrected chi connectivity index (χ2v) is 10.7. The van der Waals surface area contributed by atoms with Gasteiger partial charge in [-0.3, -0.25) is 9.59 Å². The van der Waals surface area contributed by atoms with Crippen molar-refractivity contribution in [3.05, 3.63) is 24.0 Å². The van der Waals surface area contributed by atoms with Gasteiger partial charge in [0.15, 0.2) is 5.96 Å². The quantitative estimate of drug-likeness (QED) is 0.361. The number of ether oxygens (including phenoxy) is 1. The molecule has 1 unspecified atom stereocenters. The molecule has 11 heteroatoms. The van der Waals surface area contributed by atoms with Gasteiger partial charge in [0.05, 0.1) is 31.2 Å². The first-order chi connectivity index (χ1) is 18.4. The minimum atomic E-state index is -0.870. The number of nitrogens with one attached hydrogen (secondary N) is 2. The third-order valence-electron chi connectivity index (χ3n) is 7.86. The number of anilines is 1. The van der Waals surface area contributed by atoms with E-state index in [1.165, 1.54) is 25.5 Å². The minimum absolute atomic E-state index is 0.176. The number of piperidine rings is 1. The molecule has 11 nitrogen and oxygen atoms in total. The zero-order chi connectivity index (χ0) is 27.0. The second-order valence-electron chi connectivity index (χ2n) is 10.7. The van der Waals surface area contributed by atoms with Crippen LogP contribution in [0, 0.1) is 17.2 Å². The van der Waals surface area contributed by atoms with Gasteiger partial charge in [0.2, 0.25) is 5.91 Å². The van der Waals surface area contributed by atoms with Crippen LogP contribution in [0.25, 0.3) is 0 Å². The van der Waals surface area contributed by atoms with Crippen LogP contribution in [0.5, 0.6) is 0 Å². The van der Waals surface area contributed by atoms with E-state index in [2.05, 4.69) is 31.5 Å². The molecule has 0 spiro atoms. The molecule has 1 atom stereocenters. The van der Waals surface area contributed by atoms with E-state index in [1.807, 2.05) is 7.05 Å². The maximum atomic E-state index is 13.8. The molecule has 1 aromatic rings. The number of carbonyl (C=O) groups is 2. The standard InChI is InChI=1S/C27H40N8O3/c1-34-11-9-27(19-28,10-12-34)33-25(37)23(17-20-5-3-2-4-6-20)32-26(35-13-15-38-16-14-35)31-21-7-8-22(24(29)36)30-18-21/h7-8,18,20,23H,2-6,9-17H2,1H3,(H2,29,36)(H,31,32)(H,33,37). The largest absolute Gasteiger partial charge is 0.378 e. The summed E-state index contributed by atoms with van der Waals surface area (Å²) < 4.78 is 5.55. The van der Waals surface area contributed by atoms with Crippen LogP contribution >= 0.6 is 0 Å². The number of likely N-dealkylation sites (tertiary alicyclic amines) is 1. The first kappa shape index (κ1) is 27.8. The van der Waals surface area contributed by atoms with E-state index in [0.29, 0.717) is 63.1 Å². The Hall–Kier alpha value is -3.23. The van der Waals surface area contributed by atoms with Crippen LogP contribution in [-0.2, 0) is 9.53 Å². The Morgan fingerprint density at radius 3 is 2.53 bits per heavy atom. The molecule has 1 aliphatic carbocycles. The first-order valence-electron chi connectivity index (χ1n) is 13.7. The molecule has 1 aromatic heterocycles. The molecule has 206 valence electrons. The molecule has 3 heterocycles. The van der Waals surface area contributed by atoms with Crippen molar-refractivity contribution in [2.75, 3.05) is 51.8 Å². The van der Waals surface area contributed by atoms with Gasteiger partial charge < -0.3 is 30.9 Å². The van der Waals surface area contributed by atoms with Gasteiger partial charge in [0.25, 0.3) is 5.91 Å². The fourth-order valence-corrected chi connectivity index (χ4v) is 5.40. The summed E-state index contributed by atoms with van der Waals surface area (Å²) in [5.74, 6) is 0.188. The third-order valence-corrected chi connectivity index (χ3v) is 7.86. The average Bonchev–Trinajstić information content (AvgIpc) is 2.95. The monoisotopic (exact) mass is 524 g/mol. The Bertz CT molecular complexity index is 1020. The van der Waals surface area contributed by atoms with Crippen molar-refractivity contribution in [2.24, 2.45) is 16.6 Å². The number of hydrogen-bond donors (Lipinski definition) is 3. The average molecular weight is 525 g/mol. The lowest BCUT2D eigenvalue weighted by Gasteiger charge is -2.37. The zero-order valence-corrected chi connectivity index (χ0v) is 22.3. The molecular weight excluding hydrogens is 484 g/mol. The van der Waals surface area contributed by atoms with Gasteiger partial charge in [-0.1, -0.05) is 32.1 Å². The number of aromatic nitrogens is 1. The highest BCUT2D eigenvalue weighted by Gasteiger charge is 2.38. The topological polar surface area (TPSA) is 149 Å². The van der Waals surface area contributed by atoms with Gasteiger partial charge in [0, 0.05) is 26.2 Å². The van der Waals surface area contributed by atoms with Gasteiger partial charge >= 0.3 is 0 Å². The molecule has 2 aliphatic heterocycles. The number of nitriles is 1. The van der Waals surface area contributed by atoms with E-state index in [-0.39, 0.29) is 11.6 Å². The summed E-state index contributed by atoms with van der Waals surface area (Å²) >= 11 is 0. The zero-order valence-electron chi connectivity index (χ0n) is 22.3. The summed E-state index contributed by atoms with van der Waals surface area (Å²) in [6.07, 6.45) is 9.12.